The highest BCUT2D eigenvalue weighted by Gasteiger charge is 2.10. The summed E-state index contributed by atoms with van der Waals surface area (Å²) >= 11 is 2.64. The molecule has 2 aromatic heterocycles. The van der Waals surface area contributed by atoms with E-state index in [1.165, 1.54) is 23.1 Å². The van der Waals surface area contributed by atoms with Crippen molar-refractivity contribution in [3.63, 3.8) is 0 Å². The molecule has 0 aliphatic carbocycles. The number of hydrogen-bond acceptors (Lipinski definition) is 6. The number of carboxylic acids is 1. The van der Waals surface area contributed by atoms with Crippen molar-refractivity contribution >= 4 is 45.6 Å². The van der Waals surface area contributed by atoms with Crippen LogP contribution >= 0.6 is 23.1 Å². The van der Waals surface area contributed by atoms with Crippen molar-refractivity contribution in [2.45, 2.75) is 4.34 Å². The molecular weight excluding hydrogens is 310 g/mol. The average molecular weight is 319 g/mol. The second kappa shape index (κ2) is 5.71. The Balaban J connectivity index is 1.92. The SMILES string of the molecule is O=Cc1ccc(-c2ccc3nc(SCC(=O)O)sc3c2)o1. The third kappa shape index (κ3) is 2.98. The van der Waals surface area contributed by atoms with Crippen LogP contribution in [0.4, 0.5) is 0 Å². The van der Waals surface area contributed by atoms with Crippen LogP contribution < -0.4 is 0 Å². The van der Waals surface area contributed by atoms with E-state index >= 15 is 0 Å². The number of thiazole rings is 1. The van der Waals surface area contributed by atoms with Crippen LogP contribution in [0.25, 0.3) is 21.5 Å². The number of thioether (sulfide) groups is 1. The number of carbonyl (C=O) groups excluding carboxylic acids is 1. The first-order chi connectivity index (χ1) is 10.2. The standard InChI is InChI=1S/C14H9NO4S2/c16-6-9-2-4-11(19-9)8-1-3-10-12(5-8)21-14(15-10)20-7-13(17)18/h1-6H,7H2,(H,17,18). The Morgan fingerprint density at radius 3 is 2.95 bits per heavy atom. The van der Waals surface area contributed by atoms with Crippen molar-refractivity contribution in [2.75, 3.05) is 5.75 Å². The van der Waals surface area contributed by atoms with Crippen molar-refractivity contribution in [3.05, 3.63) is 36.1 Å². The molecule has 0 unspecified atom stereocenters. The number of nitrogens with zero attached hydrogens (tertiary/aromatic N) is 1. The lowest BCUT2D eigenvalue weighted by Gasteiger charge is -1.95. The highest BCUT2D eigenvalue weighted by atomic mass is 32.2. The Hall–Kier alpha value is -2.12. The van der Waals surface area contributed by atoms with Crippen LogP contribution in [-0.4, -0.2) is 28.1 Å². The van der Waals surface area contributed by atoms with E-state index < -0.39 is 5.97 Å². The first-order valence-electron chi connectivity index (χ1n) is 5.96. The Kier molecular flexibility index (Phi) is 3.76. The van der Waals surface area contributed by atoms with Crippen molar-refractivity contribution in [3.8, 4) is 11.3 Å². The van der Waals surface area contributed by atoms with Gasteiger partial charge in [0.2, 0.25) is 0 Å². The Morgan fingerprint density at radius 2 is 2.24 bits per heavy atom. The number of carbonyl (C=O) groups is 2. The van der Waals surface area contributed by atoms with Gasteiger partial charge in [0.15, 0.2) is 16.4 Å². The van der Waals surface area contributed by atoms with E-state index in [9.17, 15) is 9.59 Å². The maximum absolute atomic E-state index is 10.6. The van der Waals surface area contributed by atoms with Gasteiger partial charge in [-0.1, -0.05) is 11.8 Å². The second-order valence-electron chi connectivity index (χ2n) is 4.16. The zero-order valence-electron chi connectivity index (χ0n) is 10.6. The monoisotopic (exact) mass is 319 g/mol. The first kappa shape index (κ1) is 13.8. The van der Waals surface area contributed by atoms with E-state index in [1.54, 1.807) is 12.1 Å². The van der Waals surface area contributed by atoms with Gasteiger partial charge in [0, 0.05) is 5.56 Å². The summed E-state index contributed by atoms with van der Waals surface area (Å²) in [7, 11) is 0. The van der Waals surface area contributed by atoms with Crippen LogP contribution in [0.1, 0.15) is 10.6 Å². The van der Waals surface area contributed by atoms with Gasteiger partial charge in [-0.15, -0.1) is 11.3 Å². The number of aldehydes is 1. The molecule has 0 radical (unpaired) electrons. The molecular formula is C14H9NO4S2. The van der Waals surface area contributed by atoms with E-state index in [-0.39, 0.29) is 11.5 Å². The molecule has 0 fully saturated rings. The molecule has 0 bridgehead atoms. The molecule has 0 spiro atoms. The Labute approximate surface area is 127 Å². The topological polar surface area (TPSA) is 80.4 Å². The summed E-state index contributed by atoms with van der Waals surface area (Å²) in [5, 5.41) is 8.68. The minimum Gasteiger partial charge on any atom is -0.481 e. The minimum atomic E-state index is -0.864. The number of benzene rings is 1. The van der Waals surface area contributed by atoms with Crippen LogP contribution in [0.5, 0.6) is 0 Å². The Morgan fingerprint density at radius 1 is 1.38 bits per heavy atom. The summed E-state index contributed by atoms with van der Waals surface area (Å²) in [4.78, 5) is 25.6. The molecule has 106 valence electrons. The normalized spacial score (nSPS) is 10.9. The number of rotatable bonds is 5. The lowest BCUT2D eigenvalue weighted by Crippen LogP contribution is -1.96. The van der Waals surface area contributed by atoms with Crippen molar-refractivity contribution in [1.29, 1.82) is 0 Å². The third-order valence-electron chi connectivity index (χ3n) is 2.72. The number of hydrogen-bond donors (Lipinski definition) is 1. The van der Waals surface area contributed by atoms with E-state index in [2.05, 4.69) is 4.98 Å². The molecule has 1 N–H and O–H groups in total. The summed E-state index contributed by atoms with van der Waals surface area (Å²) in [6, 6.07) is 9.00. The zero-order chi connectivity index (χ0) is 14.8. The molecule has 3 aromatic rings. The number of carboxylic acid groups (broad SMARTS) is 1. The van der Waals surface area contributed by atoms with Gasteiger partial charge in [0.05, 0.1) is 16.0 Å². The summed E-state index contributed by atoms with van der Waals surface area (Å²) < 4.78 is 7.06. The van der Waals surface area contributed by atoms with Crippen molar-refractivity contribution in [1.82, 2.24) is 4.98 Å². The van der Waals surface area contributed by atoms with Crippen LogP contribution in [0.3, 0.4) is 0 Å². The smallest absolute Gasteiger partial charge is 0.313 e. The zero-order valence-corrected chi connectivity index (χ0v) is 12.2. The molecule has 7 heteroatoms. The van der Waals surface area contributed by atoms with E-state index in [0.29, 0.717) is 12.0 Å². The molecule has 0 atom stereocenters. The summed E-state index contributed by atoms with van der Waals surface area (Å²) in [6.45, 7) is 0. The maximum Gasteiger partial charge on any atom is 0.313 e. The molecule has 1 aromatic carbocycles. The summed E-state index contributed by atoms with van der Waals surface area (Å²) in [5.74, 6) is 0.0317. The number of furan rings is 1. The van der Waals surface area contributed by atoms with Crippen molar-refractivity contribution < 1.29 is 19.1 Å². The number of aromatic nitrogens is 1. The van der Waals surface area contributed by atoms with E-state index in [0.717, 1.165) is 20.1 Å². The van der Waals surface area contributed by atoms with Gasteiger partial charge >= 0.3 is 5.97 Å². The van der Waals surface area contributed by atoms with Crippen LogP contribution in [0.2, 0.25) is 0 Å². The molecule has 21 heavy (non-hydrogen) atoms. The van der Waals surface area contributed by atoms with Crippen LogP contribution in [-0.2, 0) is 4.79 Å². The first-order valence-corrected chi connectivity index (χ1v) is 7.76. The van der Waals surface area contributed by atoms with E-state index in [1.807, 2.05) is 18.2 Å². The maximum atomic E-state index is 10.6. The molecule has 0 amide bonds. The predicted octanol–water partition coefficient (Wildman–Crippen LogP) is 3.55. The van der Waals surface area contributed by atoms with Gasteiger partial charge < -0.3 is 9.52 Å². The lowest BCUT2D eigenvalue weighted by atomic mass is 10.2. The number of fused-ring (bicyclic) bond motifs is 1. The fourth-order valence-electron chi connectivity index (χ4n) is 1.81. The van der Waals surface area contributed by atoms with E-state index in [4.69, 9.17) is 9.52 Å². The number of aliphatic carboxylic acids is 1. The minimum absolute atomic E-state index is 0.00639. The fourth-order valence-corrected chi connectivity index (χ4v) is 3.64. The van der Waals surface area contributed by atoms with Gasteiger partial charge in [-0.2, -0.15) is 0 Å². The molecule has 2 heterocycles. The van der Waals surface area contributed by atoms with Gasteiger partial charge in [-0.25, -0.2) is 4.98 Å². The van der Waals surface area contributed by atoms with Gasteiger partial charge in [0.25, 0.3) is 0 Å². The van der Waals surface area contributed by atoms with Gasteiger partial charge in [-0.3, -0.25) is 9.59 Å². The highest BCUT2D eigenvalue weighted by Crippen LogP contribution is 2.33. The molecule has 5 nitrogen and oxygen atoms in total. The quantitative estimate of drug-likeness (QED) is 0.572. The molecule has 0 aliphatic heterocycles. The van der Waals surface area contributed by atoms with Gasteiger partial charge in [0.1, 0.15) is 5.76 Å². The lowest BCUT2D eigenvalue weighted by molar-refractivity contribution is -0.133. The largest absolute Gasteiger partial charge is 0.481 e. The predicted molar refractivity (Wildman–Crippen MR) is 81.1 cm³/mol. The summed E-state index contributed by atoms with van der Waals surface area (Å²) in [5.41, 5.74) is 1.67. The second-order valence-corrected chi connectivity index (χ2v) is 6.42. The molecule has 0 saturated heterocycles. The fraction of sp³-hybridized carbons (Fsp3) is 0.0714. The van der Waals surface area contributed by atoms with Crippen LogP contribution in [0.15, 0.2) is 39.1 Å². The van der Waals surface area contributed by atoms with Gasteiger partial charge in [-0.05, 0) is 30.3 Å². The highest BCUT2D eigenvalue weighted by molar-refractivity contribution is 8.01. The average Bonchev–Trinajstić information content (AvgIpc) is 3.10. The molecule has 3 rings (SSSR count). The molecule has 0 aliphatic rings. The molecule has 0 saturated carbocycles. The summed E-state index contributed by atoms with van der Waals surface area (Å²) in [6.07, 6.45) is 0.662. The third-order valence-corrected chi connectivity index (χ3v) is 4.86. The Bertz CT molecular complexity index is 821. The van der Waals surface area contributed by atoms with Crippen molar-refractivity contribution in [2.24, 2.45) is 0 Å². The van der Waals surface area contributed by atoms with Crippen LogP contribution in [0, 0.1) is 0 Å².